The van der Waals surface area contributed by atoms with Crippen LogP contribution >= 0.6 is 0 Å². The average Bonchev–Trinajstić information content (AvgIpc) is 2.28. The third-order valence-electron chi connectivity index (χ3n) is 3.19. The summed E-state index contributed by atoms with van der Waals surface area (Å²) < 4.78 is 0. The smallest absolute Gasteiger partial charge is 0.326 e. The Balaban J connectivity index is 2.48. The van der Waals surface area contributed by atoms with Crippen molar-refractivity contribution < 1.29 is 14.7 Å². The van der Waals surface area contributed by atoms with E-state index in [-0.39, 0.29) is 11.8 Å². The van der Waals surface area contributed by atoms with Crippen molar-refractivity contribution in [3.63, 3.8) is 0 Å². The molecule has 0 aromatic carbocycles. The number of hydrogen-bond acceptors (Lipinski definition) is 3. The summed E-state index contributed by atoms with van der Waals surface area (Å²) in [5.41, 5.74) is 0. The minimum absolute atomic E-state index is 0.0510. The van der Waals surface area contributed by atoms with Crippen LogP contribution in [0.4, 0.5) is 0 Å². The van der Waals surface area contributed by atoms with Crippen LogP contribution in [0.15, 0.2) is 0 Å². The van der Waals surface area contributed by atoms with Gasteiger partial charge in [-0.15, -0.1) is 0 Å². The summed E-state index contributed by atoms with van der Waals surface area (Å²) in [7, 11) is 0. The van der Waals surface area contributed by atoms with Crippen LogP contribution in [0.3, 0.4) is 0 Å². The third kappa shape index (κ3) is 4.34. The summed E-state index contributed by atoms with van der Waals surface area (Å²) in [5, 5.41) is 14.9. The molecule has 0 bridgehead atoms. The molecule has 5 nitrogen and oxygen atoms in total. The highest BCUT2D eigenvalue weighted by atomic mass is 16.4. The van der Waals surface area contributed by atoms with E-state index in [0.29, 0.717) is 12.5 Å². The van der Waals surface area contributed by atoms with Gasteiger partial charge in [0.15, 0.2) is 0 Å². The van der Waals surface area contributed by atoms with Crippen LogP contribution in [-0.4, -0.2) is 35.6 Å². The zero-order valence-corrected chi connectivity index (χ0v) is 10.5. The number of carbonyl (C=O) groups excluding carboxylic acids is 1. The van der Waals surface area contributed by atoms with Crippen LogP contribution in [0.25, 0.3) is 0 Å². The molecule has 0 aromatic heterocycles. The fourth-order valence-electron chi connectivity index (χ4n) is 2.21. The van der Waals surface area contributed by atoms with Gasteiger partial charge in [-0.3, -0.25) is 4.79 Å². The molecule has 1 heterocycles. The first-order chi connectivity index (χ1) is 8.04. The molecule has 0 aromatic rings. The maximum Gasteiger partial charge on any atom is 0.326 e. The van der Waals surface area contributed by atoms with Gasteiger partial charge in [0.1, 0.15) is 6.04 Å². The summed E-state index contributed by atoms with van der Waals surface area (Å²) in [6.07, 6.45) is 2.81. The number of hydrogen-bond donors (Lipinski definition) is 3. The largest absolute Gasteiger partial charge is 0.480 e. The molecule has 2 unspecified atom stereocenters. The highest BCUT2D eigenvalue weighted by Crippen LogP contribution is 2.16. The number of carboxylic acids is 1. The van der Waals surface area contributed by atoms with Crippen LogP contribution in [0.2, 0.25) is 0 Å². The second-order valence-electron chi connectivity index (χ2n) is 4.76. The third-order valence-corrected chi connectivity index (χ3v) is 3.19. The number of carbonyl (C=O) groups is 2. The molecule has 17 heavy (non-hydrogen) atoms. The zero-order chi connectivity index (χ0) is 12.8. The molecule has 0 radical (unpaired) electrons. The summed E-state index contributed by atoms with van der Waals surface area (Å²) in [6, 6.07) is -0.411. The summed E-state index contributed by atoms with van der Waals surface area (Å²) in [5.74, 6) is -1.11. The summed E-state index contributed by atoms with van der Waals surface area (Å²) in [6.45, 7) is 4.78. The van der Waals surface area contributed by atoms with Crippen LogP contribution < -0.4 is 10.6 Å². The van der Waals surface area contributed by atoms with Gasteiger partial charge in [0.25, 0.3) is 0 Å². The number of amides is 1. The van der Waals surface area contributed by atoms with Crippen LogP contribution in [-0.2, 0) is 9.59 Å². The topological polar surface area (TPSA) is 78.4 Å². The van der Waals surface area contributed by atoms with Crippen molar-refractivity contribution in [3.05, 3.63) is 0 Å². The maximum atomic E-state index is 11.9. The molecule has 3 atom stereocenters. The monoisotopic (exact) mass is 242 g/mol. The van der Waals surface area contributed by atoms with Gasteiger partial charge in [0.2, 0.25) is 5.91 Å². The van der Waals surface area contributed by atoms with Gasteiger partial charge in [-0.05, 0) is 32.7 Å². The summed E-state index contributed by atoms with van der Waals surface area (Å²) >= 11 is 0. The molecule has 98 valence electrons. The molecule has 0 spiro atoms. The average molecular weight is 242 g/mol. The van der Waals surface area contributed by atoms with Crippen molar-refractivity contribution >= 4 is 11.9 Å². The molecule has 1 aliphatic rings. The van der Waals surface area contributed by atoms with E-state index in [1.165, 1.54) is 0 Å². The Hall–Kier alpha value is -1.10. The molecular formula is C12H22N2O3. The molecule has 1 saturated heterocycles. The first-order valence-electron chi connectivity index (χ1n) is 6.31. The molecule has 0 aliphatic carbocycles. The van der Waals surface area contributed by atoms with Gasteiger partial charge in [-0.2, -0.15) is 0 Å². The minimum Gasteiger partial charge on any atom is -0.480 e. The van der Waals surface area contributed by atoms with Crippen LogP contribution in [0.5, 0.6) is 0 Å². The Morgan fingerprint density at radius 3 is 2.76 bits per heavy atom. The van der Waals surface area contributed by atoms with Crippen molar-refractivity contribution in [2.24, 2.45) is 5.92 Å². The lowest BCUT2D eigenvalue weighted by molar-refractivity contribution is -0.142. The summed E-state index contributed by atoms with van der Waals surface area (Å²) in [4.78, 5) is 22.9. The number of piperidine rings is 1. The lowest BCUT2D eigenvalue weighted by atomic mass is 9.92. The predicted molar refractivity (Wildman–Crippen MR) is 64.7 cm³/mol. The second kappa shape index (κ2) is 6.59. The molecule has 1 fully saturated rings. The number of nitrogens with one attached hydrogen (secondary N) is 2. The molecule has 1 rings (SSSR count). The van der Waals surface area contributed by atoms with Crippen LogP contribution in [0.1, 0.15) is 39.5 Å². The van der Waals surface area contributed by atoms with E-state index in [1.54, 1.807) is 0 Å². The molecule has 3 N–H and O–H groups in total. The number of rotatable bonds is 5. The Labute approximate surface area is 102 Å². The van der Waals surface area contributed by atoms with Crippen molar-refractivity contribution in [2.45, 2.75) is 51.6 Å². The van der Waals surface area contributed by atoms with Crippen molar-refractivity contribution in [3.8, 4) is 0 Å². The Morgan fingerprint density at radius 1 is 1.53 bits per heavy atom. The normalized spacial score (nSPS) is 26.2. The van der Waals surface area contributed by atoms with Gasteiger partial charge in [0.05, 0.1) is 0 Å². The molecule has 0 saturated carbocycles. The van der Waals surface area contributed by atoms with Crippen molar-refractivity contribution in [1.82, 2.24) is 10.6 Å². The predicted octanol–water partition coefficient (Wildman–Crippen LogP) is 0.744. The van der Waals surface area contributed by atoms with Gasteiger partial charge in [0, 0.05) is 12.0 Å². The standard InChI is InChI=1S/C12H22N2O3/c1-3-4-10(12(16)17)14-11(15)9-5-6-13-8(2)7-9/h8-10,13H,3-7H2,1-2H3,(H,14,15)(H,16,17)/t8?,9?,10-/m1/s1. The fraction of sp³-hybridized carbons (Fsp3) is 0.833. The maximum absolute atomic E-state index is 11.9. The van der Waals surface area contributed by atoms with E-state index < -0.39 is 12.0 Å². The lowest BCUT2D eigenvalue weighted by Crippen LogP contribution is -2.47. The fourth-order valence-corrected chi connectivity index (χ4v) is 2.21. The number of aliphatic carboxylic acids is 1. The first kappa shape index (κ1) is 14.0. The molecule has 1 aliphatic heterocycles. The highest BCUT2D eigenvalue weighted by molar-refractivity contribution is 5.85. The van der Waals surface area contributed by atoms with Gasteiger partial charge >= 0.3 is 5.97 Å². The minimum atomic E-state index is -0.942. The Morgan fingerprint density at radius 2 is 2.24 bits per heavy atom. The van der Waals surface area contributed by atoms with Crippen molar-refractivity contribution in [1.29, 1.82) is 0 Å². The molecular weight excluding hydrogens is 220 g/mol. The van der Waals surface area contributed by atoms with Gasteiger partial charge in [-0.1, -0.05) is 13.3 Å². The molecule has 1 amide bonds. The van der Waals surface area contributed by atoms with E-state index in [4.69, 9.17) is 5.11 Å². The van der Waals surface area contributed by atoms with E-state index in [1.807, 2.05) is 13.8 Å². The SMILES string of the molecule is CCC[C@@H](NC(=O)C1CCNC(C)C1)C(=O)O. The van der Waals surface area contributed by atoms with E-state index in [2.05, 4.69) is 10.6 Å². The zero-order valence-electron chi connectivity index (χ0n) is 10.5. The van der Waals surface area contributed by atoms with E-state index >= 15 is 0 Å². The van der Waals surface area contributed by atoms with E-state index in [9.17, 15) is 9.59 Å². The quantitative estimate of drug-likeness (QED) is 0.664. The molecule has 5 heteroatoms. The van der Waals surface area contributed by atoms with Gasteiger partial charge in [-0.25, -0.2) is 4.79 Å². The second-order valence-corrected chi connectivity index (χ2v) is 4.76. The Bertz CT molecular complexity index is 281. The first-order valence-corrected chi connectivity index (χ1v) is 6.31. The lowest BCUT2D eigenvalue weighted by Gasteiger charge is -2.28. The van der Waals surface area contributed by atoms with Crippen LogP contribution in [0, 0.1) is 5.92 Å². The number of carboxylic acid groups (broad SMARTS) is 1. The highest BCUT2D eigenvalue weighted by Gasteiger charge is 2.27. The van der Waals surface area contributed by atoms with Gasteiger partial charge < -0.3 is 15.7 Å². The van der Waals surface area contributed by atoms with E-state index in [0.717, 1.165) is 25.8 Å². The Kier molecular flexibility index (Phi) is 5.41. The van der Waals surface area contributed by atoms with Crippen molar-refractivity contribution in [2.75, 3.05) is 6.54 Å².